The van der Waals surface area contributed by atoms with Crippen LogP contribution in [0.25, 0.3) is 11.0 Å². The molecule has 0 fully saturated rings. The number of benzene rings is 1. The highest BCUT2D eigenvalue weighted by atomic mass is 16.2. The summed E-state index contributed by atoms with van der Waals surface area (Å²) >= 11 is 0. The summed E-state index contributed by atoms with van der Waals surface area (Å²) in [6.07, 6.45) is 2.31. The number of aryl methyl sites for hydroxylation is 1. The number of fused-ring (bicyclic) bond motifs is 2. The number of aromatic amines is 1. The van der Waals surface area contributed by atoms with Gasteiger partial charge >= 0.3 is 0 Å². The lowest BCUT2D eigenvalue weighted by molar-refractivity contribution is 0.0943. The van der Waals surface area contributed by atoms with Crippen molar-refractivity contribution in [2.45, 2.75) is 6.42 Å². The van der Waals surface area contributed by atoms with Gasteiger partial charge in [-0.3, -0.25) is 14.7 Å². The van der Waals surface area contributed by atoms with E-state index in [1.54, 1.807) is 7.05 Å². The number of amides is 1. The molecule has 0 saturated heterocycles. The fourth-order valence-corrected chi connectivity index (χ4v) is 3.52. The maximum atomic E-state index is 12.5. The first-order valence-electron chi connectivity index (χ1n) is 8.51. The van der Waals surface area contributed by atoms with Crippen LogP contribution in [0, 0.1) is 5.92 Å². The van der Waals surface area contributed by atoms with Crippen molar-refractivity contribution >= 4 is 22.6 Å². The van der Waals surface area contributed by atoms with Crippen LogP contribution in [-0.4, -0.2) is 45.8 Å². The predicted molar refractivity (Wildman–Crippen MR) is 98.4 cm³/mol. The van der Waals surface area contributed by atoms with Crippen molar-refractivity contribution in [2.24, 2.45) is 13.0 Å². The van der Waals surface area contributed by atoms with Gasteiger partial charge in [-0.15, -0.1) is 0 Å². The molecule has 1 amide bonds. The molecule has 2 N–H and O–H groups in total. The average molecular weight is 352 g/mol. The van der Waals surface area contributed by atoms with E-state index in [9.17, 15) is 9.59 Å². The highest BCUT2D eigenvalue weighted by molar-refractivity contribution is 6.02. The number of anilines is 1. The summed E-state index contributed by atoms with van der Waals surface area (Å²) in [5, 5.41) is 9.55. The highest BCUT2D eigenvalue weighted by Crippen LogP contribution is 2.27. The minimum atomic E-state index is -0.321. The number of aromatic nitrogens is 4. The molecule has 1 aromatic carbocycles. The Hall–Kier alpha value is -3.16. The minimum absolute atomic E-state index is 0.155. The molecule has 3 aromatic rings. The summed E-state index contributed by atoms with van der Waals surface area (Å²) in [6.45, 7) is 1.41. The first kappa shape index (κ1) is 16.3. The number of para-hydroxylation sites is 1. The van der Waals surface area contributed by atoms with Gasteiger partial charge in [-0.25, -0.2) is 4.98 Å². The number of nitrogens with one attached hydrogen (secondary N) is 2. The van der Waals surface area contributed by atoms with Crippen molar-refractivity contribution in [3.05, 3.63) is 52.2 Å². The summed E-state index contributed by atoms with van der Waals surface area (Å²) in [7, 11) is 3.67. The first-order chi connectivity index (χ1) is 12.5. The van der Waals surface area contributed by atoms with Gasteiger partial charge in [-0.1, -0.05) is 18.2 Å². The van der Waals surface area contributed by atoms with E-state index in [1.165, 1.54) is 22.1 Å². The monoisotopic (exact) mass is 352 g/mol. The van der Waals surface area contributed by atoms with Crippen molar-refractivity contribution in [1.29, 1.82) is 0 Å². The van der Waals surface area contributed by atoms with Crippen LogP contribution in [0.4, 0.5) is 5.69 Å². The summed E-state index contributed by atoms with van der Waals surface area (Å²) in [5.41, 5.74) is 2.97. The minimum Gasteiger partial charge on any atom is -0.374 e. The number of rotatable bonds is 3. The molecule has 0 aliphatic carbocycles. The molecule has 1 unspecified atom stereocenters. The smallest absolute Gasteiger partial charge is 0.279 e. The molecule has 134 valence electrons. The molecule has 4 rings (SSSR count). The maximum absolute atomic E-state index is 12.5. The molecule has 26 heavy (non-hydrogen) atoms. The summed E-state index contributed by atoms with van der Waals surface area (Å²) in [5.74, 6) is -0.0107. The summed E-state index contributed by atoms with van der Waals surface area (Å²) in [6, 6.07) is 8.32. The lowest BCUT2D eigenvalue weighted by Gasteiger charge is -2.33. The second-order valence-corrected chi connectivity index (χ2v) is 6.75. The first-order valence-corrected chi connectivity index (χ1v) is 8.51. The zero-order valence-corrected chi connectivity index (χ0v) is 14.7. The van der Waals surface area contributed by atoms with Gasteiger partial charge in [-0.05, 0) is 24.0 Å². The van der Waals surface area contributed by atoms with Crippen LogP contribution in [0.15, 0.2) is 35.4 Å². The Morgan fingerprint density at radius 2 is 2.15 bits per heavy atom. The van der Waals surface area contributed by atoms with Gasteiger partial charge in [0.1, 0.15) is 5.52 Å². The lowest BCUT2D eigenvalue weighted by atomic mass is 9.93. The van der Waals surface area contributed by atoms with Gasteiger partial charge in [0.2, 0.25) is 0 Å². The number of hydrogen-bond donors (Lipinski definition) is 2. The third kappa shape index (κ3) is 2.73. The normalized spacial score (nSPS) is 16.5. The summed E-state index contributed by atoms with van der Waals surface area (Å²) in [4.78, 5) is 30.9. The van der Waals surface area contributed by atoms with Crippen LogP contribution in [0.2, 0.25) is 0 Å². The predicted octanol–water partition coefficient (Wildman–Crippen LogP) is 0.695. The van der Waals surface area contributed by atoms with Gasteiger partial charge in [0.15, 0.2) is 11.2 Å². The van der Waals surface area contributed by atoms with Crippen molar-refractivity contribution in [2.75, 3.05) is 25.0 Å². The largest absolute Gasteiger partial charge is 0.374 e. The standard InChI is InChI=1S/C18H20N6O2/c1-23-9-11(7-12-5-3-4-6-13(12)23)8-19-17(25)15-14-16(22-21-15)18(26)24(2)10-20-14/h3-6,10-11H,7-9H2,1-2H3,(H,19,25)(H,21,22). The lowest BCUT2D eigenvalue weighted by Crippen LogP contribution is -2.39. The third-order valence-corrected chi connectivity index (χ3v) is 4.84. The highest BCUT2D eigenvalue weighted by Gasteiger charge is 2.24. The molecular weight excluding hydrogens is 332 g/mol. The second-order valence-electron chi connectivity index (χ2n) is 6.75. The molecule has 1 aliphatic heterocycles. The quantitative estimate of drug-likeness (QED) is 0.723. The molecule has 0 radical (unpaired) electrons. The Balaban J connectivity index is 1.48. The Kier molecular flexibility index (Phi) is 3.95. The van der Waals surface area contributed by atoms with E-state index >= 15 is 0 Å². The zero-order valence-electron chi connectivity index (χ0n) is 14.7. The van der Waals surface area contributed by atoms with Crippen LogP contribution < -0.4 is 15.8 Å². The van der Waals surface area contributed by atoms with Crippen molar-refractivity contribution in [3.63, 3.8) is 0 Å². The third-order valence-electron chi connectivity index (χ3n) is 4.84. The SMILES string of the molecule is CN1CC(CNC(=O)c2n[nH]c3c(=O)n(C)cnc23)Cc2ccccc21. The number of nitrogens with zero attached hydrogens (tertiary/aromatic N) is 4. The Morgan fingerprint density at radius 3 is 3.00 bits per heavy atom. The molecule has 8 nitrogen and oxygen atoms in total. The summed E-state index contributed by atoms with van der Waals surface area (Å²) < 4.78 is 1.34. The topological polar surface area (TPSA) is 95.9 Å². The molecule has 2 aromatic heterocycles. The molecule has 0 bridgehead atoms. The number of hydrogen-bond acceptors (Lipinski definition) is 5. The molecule has 1 aliphatic rings. The van der Waals surface area contributed by atoms with Crippen LogP contribution in [0.1, 0.15) is 16.1 Å². The van der Waals surface area contributed by atoms with Crippen LogP contribution >= 0.6 is 0 Å². The maximum Gasteiger partial charge on any atom is 0.279 e. The number of carbonyl (C=O) groups is 1. The van der Waals surface area contributed by atoms with Gasteiger partial charge in [-0.2, -0.15) is 5.10 Å². The average Bonchev–Trinajstić information content (AvgIpc) is 3.08. The van der Waals surface area contributed by atoms with E-state index in [0.717, 1.165) is 13.0 Å². The number of H-pyrrole nitrogens is 1. The fourth-order valence-electron chi connectivity index (χ4n) is 3.52. The van der Waals surface area contributed by atoms with E-state index < -0.39 is 0 Å². The molecule has 8 heteroatoms. The molecule has 0 spiro atoms. The second kappa shape index (κ2) is 6.29. The van der Waals surface area contributed by atoms with Crippen LogP contribution in [0.5, 0.6) is 0 Å². The van der Waals surface area contributed by atoms with Gasteiger partial charge in [0, 0.05) is 32.9 Å². The Morgan fingerprint density at radius 1 is 1.35 bits per heavy atom. The Labute approximate surface area is 149 Å². The van der Waals surface area contributed by atoms with Gasteiger partial charge < -0.3 is 14.8 Å². The zero-order chi connectivity index (χ0) is 18.3. The molecule has 0 saturated carbocycles. The Bertz CT molecular complexity index is 1040. The van der Waals surface area contributed by atoms with E-state index in [4.69, 9.17) is 0 Å². The van der Waals surface area contributed by atoms with E-state index in [0.29, 0.717) is 18.0 Å². The fraction of sp³-hybridized carbons (Fsp3) is 0.333. The van der Waals surface area contributed by atoms with Crippen LogP contribution in [0.3, 0.4) is 0 Å². The van der Waals surface area contributed by atoms with Crippen molar-refractivity contribution in [3.8, 4) is 0 Å². The number of carbonyl (C=O) groups excluding carboxylic acids is 1. The molecule has 3 heterocycles. The van der Waals surface area contributed by atoms with Crippen LogP contribution in [-0.2, 0) is 13.5 Å². The molecular formula is C18H20N6O2. The van der Waals surface area contributed by atoms with Gasteiger partial charge in [0.25, 0.3) is 11.5 Å². The van der Waals surface area contributed by atoms with Gasteiger partial charge in [0.05, 0.1) is 6.33 Å². The van der Waals surface area contributed by atoms with Crippen molar-refractivity contribution < 1.29 is 4.79 Å². The molecule has 1 atom stereocenters. The van der Waals surface area contributed by atoms with E-state index in [2.05, 4.69) is 44.6 Å². The van der Waals surface area contributed by atoms with E-state index in [-0.39, 0.29) is 22.7 Å². The van der Waals surface area contributed by atoms with Crippen molar-refractivity contribution in [1.82, 2.24) is 25.1 Å². The van der Waals surface area contributed by atoms with E-state index in [1.807, 2.05) is 12.1 Å².